The topological polar surface area (TPSA) is 27.1 Å². The molecule has 1 aromatic heterocycles. The molecule has 18 heavy (non-hydrogen) atoms. The fraction of sp³-hybridized carbons (Fsp3) is 0.769. The molecule has 0 radical (unpaired) electrons. The summed E-state index contributed by atoms with van der Waals surface area (Å²) in [7, 11) is 1.69. The molecule has 0 bridgehead atoms. The van der Waals surface area contributed by atoms with Crippen LogP contribution in [-0.2, 0) is 17.7 Å². The highest BCUT2D eigenvalue weighted by molar-refractivity contribution is 9.09. The highest BCUT2D eigenvalue weighted by Gasteiger charge is 2.22. The second-order valence-corrected chi connectivity index (χ2v) is 7.04. The van der Waals surface area contributed by atoms with Crippen LogP contribution in [0.25, 0.3) is 0 Å². The van der Waals surface area contributed by atoms with Gasteiger partial charge in [0.25, 0.3) is 0 Å². The SMILES string of the molecule is COCCn1ncc(Cl)c1CCC(Br)C(C)(C)C. The Hall–Kier alpha value is -0.0600. The lowest BCUT2D eigenvalue weighted by atomic mass is 9.89. The van der Waals surface area contributed by atoms with E-state index in [1.165, 1.54) is 0 Å². The molecule has 0 aliphatic carbocycles. The molecule has 0 saturated carbocycles. The van der Waals surface area contributed by atoms with E-state index in [0.717, 1.165) is 30.1 Å². The van der Waals surface area contributed by atoms with Gasteiger partial charge in [0.1, 0.15) is 0 Å². The molecule has 0 saturated heterocycles. The van der Waals surface area contributed by atoms with Crippen LogP contribution in [0, 0.1) is 5.41 Å². The van der Waals surface area contributed by atoms with E-state index < -0.39 is 0 Å². The lowest BCUT2D eigenvalue weighted by molar-refractivity contribution is 0.182. The standard InChI is InChI=1S/C13H22BrClN2O/c1-13(2,3)12(14)6-5-11-10(15)9-16-17(11)7-8-18-4/h9,12H,5-8H2,1-4H3. The van der Waals surface area contributed by atoms with Crippen molar-refractivity contribution in [3.8, 4) is 0 Å². The third kappa shape index (κ3) is 4.56. The largest absolute Gasteiger partial charge is 0.383 e. The molecule has 0 aliphatic heterocycles. The fourth-order valence-corrected chi connectivity index (χ4v) is 2.17. The molecule has 1 atom stereocenters. The average molecular weight is 338 g/mol. The van der Waals surface area contributed by atoms with Crippen molar-refractivity contribution in [2.45, 2.75) is 45.0 Å². The number of halogens is 2. The number of hydrogen-bond donors (Lipinski definition) is 0. The average Bonchev–Trinajstić information content (AvgIpc) is 2.63. The van der Waals surface area contributed by atoms with Crippen LogP contribution >= 0.6 is 27.5 Å². The van der Waals surface area contributed by atoms with Crippen molar-refractivity contribution in [2.24, 2.45) is 5.41 Å². The predicted octanol–water partition coefficient (Wildman–Crippen LogP) is 3.93. The van der Waals surface area contributed by atoms with Crippen LogP contribution in [0.4, 0.5) is 0 Å². The maximum atomic E-state index is 6.18. The Kier molecular flexibility index (Phi) is 6.15. The number of methoxy groups -OCH3 is 1. The molecule has 0 aliphatic rings. The minimum absolute atomic E-state index is 0.254. The van der Waals surface area contributed by atoms with Gasteiger partial charge in [0.15, 0.2) is 0 Å². The number of alkyl halides is 1. The number of nitrogens with zero attached hydrogens (tertiary/aromatic N) is 2. The van der Waals surface area contributed by atoms with E-state index in [0.29, 0.717) is 11.4 Å². The summed E-state index contributed by atoms with van der Waals surface area (Å²) in [6.45, 7) is 8.10. The van der Waals surface area contributed by atoms with Crippen molar-refractivity contribution in [3.63, 3.8) is 0 Å². The van der Waals surface area contributed by atoms with Gasteiger partial charge in [0.2, 0.25) is 0 Å². The Morgan fingerprint density at radius 2 is 2.17 bits per heavy atom. The Bertz CT molecular complexity index is 374. The highest BCUT2D eigenvalue weighted by atomic mass is 79.9. The summed E-state index contributed by atoms with van der Waals surface area (Å²) in [5, 5.41) is 5.03. The second-order valence-electron chi connectivity index (χ2n) is 5.53. The summed E-state index contributed by atoms with van der Waals surface area (Å²) in [6.07, 6.45) is 3.69. The summed E-state index contributed by atoms with van der Waals surface area (Å²) >= 11 is 9.93. The third-order valence-corrected chi connectivity index (χ3v) is 5.13. The number of ether oxygens (including phenoxy) is 1. The summed E-state index contributed by atoms with van der Waals surface area (Å²) in [5.41, 5.74) is 1.35. The molecular formula is C13H22BrClN2O. The van der Waals surface area contributed by atoms with Crippen molar-refractivity contribution in [1.29, 1.82) is 0 Å². The van der Waals surface area contributed by atoms with Crippen molar-refractivity contribution in [3.05, 3.63) is 16.9 Å². The van der Waals surface area contributed by atoms with Gasteiger partial charge in [-0.15, -0.1) is 0 Å². The van der Waals surface area contributed by atoms with E-state index in [2.05, 4.69) is 41.8 Å². The molecule has 1 aromatic rings. The second kappa shape index (κ2) is 6.92. The van der Waals surface area contributed by atoms with Crippen LogP contribution in [-0.4, -0.2) is 28.3 Å². The van der Waals surface area contributed by atoms with E-state index in [1.807, 2.05) is 4.68 Å². The maximum Gasteiger partial charge on any atom is 0.0817 e. The molecule has 0 amide bonds. The molecule has 1 heterocycles. The smallest absolute Gasteiger partial charge is 0.0817 e. The zero-order chi connectivity index (χ0) is 13.8. The van der Waals surface area contributed by atoms with E-state index in [4.69, 9.17) is 16.3 Å². The van der Waals surface area contributed by atoms with Gasteiger partial charge in [-0.25, -0.2) is 0 Å². The lowest BCUT2D eigenvalue weighted by Crippen LogP contribution is -2.21. The molecule has 0 aromatic carbocycles. The van der Waals surface area contributed by atoms with Crippen LogP contribution < -0.4 is 0 Å². The van der Waals surface area contributed by atoms with Gasteiger partial charge in [-0.3, -0.25) is 4.68 Å². The lowest BCUT2D eigenvalue weighted by Gasteiger charge is -2.25. The first-order valence-corrected chi connectivity index (χ1v) is 7.48. The van der Waals surface area contributed by atoms with Gasteiger partial charge in [-0.1, -0.05) is 48.3 Å². The molecule has 5 heteroatoms. The molecule has 1 unspecified atom stereocenters. The van der Waals surface area contributed by atoms with Crippen LogP contribution in [0.1, 0.15) is 32.9 Å². The van der Waals surface area contributed by atoms with Crippen LogP contribution in [0.5, 0.6) is 0 Å². The summed E-state index contributed by atoms with van der Waals surface area (Å²) < 4.78 is 7.02. The number of rotatable bonds is 6. The first-order chi connectivity index (χ1) is 8.36. The minimum atomic E-state index is 0.254. The summed E-state index contributed by atoms with van der Waals surface area (Å²) in [6, 6.07) is 0. The van der Waals surface area contributed by atoms with E-state index in [1.54, 1.807) is 13.3 Å². The molecule has 104 valence electrons. The first-order valence-electron chi connectivity index (χ1n) is 6.19. The summed E-state index contributed by atoms with van der Waals surface area (Å²) in [4.78, 5) is 0.465. The molecule has 0 N–H and O–H groups in total. The zero-order valence-corrected chi connectivity index (χ0v) is 13.9. The predicted molar refractivity (Wildman–Crippen MR) is 79.6 cm³/mol. The molecule has 0 fully saturated rings. The van der Waals surface area contributed by atoms with Crippen molar-refractivity contribution < 1.29 is 4.74 Å². The monoisotopic (exact) mass is 336 g/mol. The van der Waals surface area contributed by atoms with Crippen molar-refractivity contribution >= 4 is 27.5 Å². The third-order valence-electron chi connectivity index (χ3n) is 2.98. The van der Waals surface area contributed by atoms with Gasteiger partial charge < -0.3 is 4.74 Å². The van der Waals surface area contributed by atoms with Crippen molar-refractivity contribution in [2.75, 3.05) is 13.7 Å². The maximum absolute atomic E-state index is 6.18. The van der Waals surface area contributed by atoms with Crippen LogP contribution in [0.3, 0.4) is 0 Å². The Morgan fingerprint density at radius 3 is 2.72 bits per heavy atom. The van der Waals surface area contributed by atoms with E-state index in [-0.39, 0.29) is 5.41 Å². The normalized spacial score (nSPS) is 13.9. The molecule has 3 nitrogen and oxygen atoms in total. The Labute approximate surface area is 123 Å². The Morgan fingerprint density at radius 1 is 1.50 bits per heavy atom. The first kappa shape index (κ1) is 16.0. The Balaban J connectivity index is 2.63. The van der Waals surface area contributed by atoms with Gasteiger partial charge >= 0.3 is 0 Å². The van der Waals surface area contributed by atoms with Crippen LogP contribution in [0.15, 0.2) is 6.20 Å². The number of aromatic nitrogens is 2. The minimum Gasteiger partial charge on any atom is -0.383 e. The van der Waals surface area contributed by atoms with Gasteiger partial charge in [0, 0.05) is 11.9 Å². The fourth-order valence-electron chi connectivity index (χ4n) is 1.70. The molecule has 0 spiro atoms. The van der Waals surface area contributed by atoms with E-state index >= 15 is 0 Å². The number of hydrogen-bond acceptors (Lipinski definition) is 2. The van der Waals surface area contributed by atoms with Gasteiger partial charge in [-0.2, -0.15) is 5.10 Å². The van der Waals surface area contributed by atoms with Crippen LogP contribution in [0.2, 0.25) is 5.02 Å². The van der Waals surface area contributed by atoms with Gasteiger partial charge in [-0.05, 0) is 18.3 Å². The van der Waals surface area contributed by atoms with Crippen molar-refractivity contribution in [1.82, 2.24) is 9.78 Å². The quantitative estimate of drug-likeness (QED) is 0.736. The van der Waals surface area contributed by atoms with E-state index in [9.17, 15) is 0 Å². The van der Waals surface area contributed by atoms with Gasteiger partial charge in [0.05, 0.1) is 30.1 Å². The molecular weight excluding hydrogens is 316 g/mol. The highest BCUT2D eigenvalue weighted by Crippen LogP contribution is 2.30. The molecule has 1 rings (SSSR count). The summed E-state index contributed by atoms with van der Waals surface area (Å²) in [5.74, 6) is 0. The zero-order valence-electron chi connectivity index (χ0n) is 11.5.